The SMILES string of the molecule is Cc1cc(COc2ccc(Br)cc2N)c2ccccc2n1. The highest BCUT2D eigenvalue weighted by Crippen LogP contribution is 2.27. The van der Waals surface area contributed by atoms with Crippen LogP contribution in [0, 0.1) is 6.92 Å². The van der Waals surface area contributed by atoms with Gasteiger partial charge in [0.2, 0.25) is 0 Å². The van der Waals surface area contributed by atoms with Gasteiger partial charge in [-0.1, -0.05) is 34.1 Å². The van der Waals surface area contributed by atoms with Crippen molar-refractivity contribution in [1.29, 1.82) is 0 Å². The number of para-hydroxylation sites is 1. The maximum absolute atomic E-state index is 5.96. The molecule has 0 amide bonds. The van der Waals surface area contributed by atoms with Crippen LogP contribution in [0.15, 0.2) is 53.0 Å². The predicted molar refractivity (Wildman–Crippen MR) is 89.4 cm³/mol. The molecule has 1 aromatic heterocycles. The van der Waals surface area contributed by atoms with Crippen molar-refractivity contribution in [2.24, 2.45) is 0 Å². The van der Waals surface area contributed by atoms with Crippen molar-refractivity contribution in [1.82, 2.24) is 4.98 Å². The minimum atomic E-state index is 0.468. The zero-order chi connectivity index (χ0) is 14.8. The number of anilines is 1. The number of fused-ring (bicyclic) bond motifs is 1. The zero-order valence-electron chi connectivity index (χ0n) is 11.6. The first-order valence-corrected chi connectivity index (χ1v) is 7.46. The number of hydrogen-bond donors (Lipinski definition) is 1. The number of pyridine rings is 1. The van der Waals surface area contributed by atoms with E-state index in [9.17, 15) is 0 Å². The highest BCUT2D eigenvalue weighted by molar-refractivity contribution is 9.10. The molecule has 0 radical (unpaired) electrons. The van der Waals surface area contributed by atoms with E-state index in [1.165, 1.54) is 0 Å². The van der Waals surface area contributed by atoms with Crippen molar-refractivity contribution < 1.29 is 4.74 Å². The van der Waals surface area contributed by atoms with Crippen LogP contribution < -0.4 is 10.5 Å². The minimum absolute atomic E-state index is 0.468. The van der Waals surface area contributed by atoms with Gasteiger partial charge in [0, 0.05) is 21.1 Å². The van der Waals surface area contributed by atoms with Crippen LogP contribution >= 0.6 is 15.9 Å². The molecule has 3 rings (SSSR count). The summed E-state index contributed by atoms with van der Waals surface area (Å²) in [5.74, 6) is 0.691. The van der Waals surface area contributed by atoms with Gasteiger partial charge in [-0.15, -0.1) is 0 Å². The molecule has 3 nitrogen and oxygen atoms in total. The maximum Gasteiger partial charge on any atom is 0.142 e. The lowest BCUT2D eigenvalue weighted by Gasteiger charge is -2.11. The van der Waals surface area contributed by atoms with Crippen molar-refractivity contribution in [3.63, 3.8) is 0 Å². The van der Waals surface area contributed by atoms with E-state index in [1.54, 1.807) is 0 Å². The van der Waals surface area contributed by atoms with Gasteiger partial charge >= 0.3 is 0 Å². The normalized spacial score (nSPS) is 10.8. The van der Waals surface area contributed by atoms with Crippen LogP contribution in [0.4, 0.5) is 5.69 Å². The number of aromatic nitrogens is 1. The summed E-state index contributed by atoms with van der Waals surface area (Å²) in [5, 5.41) is 1.11. The molecule has 0 fully saturated rings. The third-order valence-electron chi connectivity index (χ3n) is 3.28. The highest BCUT2D eigenvalue weighted by atomic mass is 79.9. The van der Waals surface area contributed by atoms with Crippen LogP contribution in [-0.4, -0.2) is 4.98 Å². The summed E-state index contributed by atoms with van der Waals surface area (Å²) in [5.41, 5.74) is 9.67. The van der Waals surface area contributed by atoms with Crippen molar-refractivity contribution in [3.8, 4) is 5.75 Å². The summed E-state index contributed by atoms with van der Waals surface area (Å²) in [6.07, 6.45) is 0. The number of benzene rings is 2. The Bertz CT molecular complexity index is 802. The third kappa shape index (κ3) is 3.00. The average molecular weight is 343 g/mol. The molecule has 2 N–H and O–H groups in total. The Balaban J connectivity index is 1.91. The molecule has 0 saturated carbocycles. The molecule has 0 aliphatic rings. The molecule has 0 aliphatic heterocycles. The Labute approximate surface area is 131 Å². The predicted octanol–water partition coefficient (Wildman–Crippen LogP) is 4.47. The number of nitrogens with two attached hydrogens (primary N) is 1. The Morgan fingerprint density at radius 2 is 1.95 bits per heavy atom. The molecule has 0 aliphatic carbocycles. The van der Waals surface area contributed by atoms with Gasteiger partial charge in [-0.25, -0.2) is 0 Å². The summed E-state index contributed by atoms with van der Waals surface area (Å²) in [6.45, 7) is 2.46. The lowest BCUT2D eigenvalue weighted by atomic mass is 10.1. The maximum atomic E-state index is 5.96. The fourth-order valence-electron chi connectivity index (χ4n) is 2.32. The molecule has 1 heterocycles. The molecule has 4 heteroatoms. The van der Waals surface area contributed by atoms with Crippen molar-refractivity contribution in [2.75, 3.05) is 5.73 Å². The van der Waals surface area contributed by atoms with E-state index in [2.05, 4.69) is 33.0 Å². The highest BCUT2D eigenvalue weighted by Gasteiger charge is 2.06. The van der Waals surface area contributed by atoms with E-state index in [0.717, 1.165) is 26.6 Å². The lowest BCUT2D eigenvalue weighted by molar-refractivity contribution is 0.309. The number of ether oxygens (including phenoxy) is 1. The summed E-state index contributed by atoms with van der Waals surface area (Å²) >= 11 is 3.39. The van der Waals surface area contributed by atoms with Crippen LogP contribution in [0.3, 0.4) is 0 Å². The first-order valence-electron chi connectivity index (χ1n) is 6.66. The Kier molecular flexibility index (Phi) is 3.80. The fraction of sp³-hybridized carbons (Fsp3) is 0.118. The second kappa shape index (κ2) is 5.74. The average Bonchev–Trinajstić information content (AvgIpc) is 2.46. The quantitative estimate of drug-likeness (QED) is 0.714. The minimum Gasteiger partial charge on any atom is -0.487 e. The molecule has 21 heavy (non-hydrogen) atoms. The molecule has 0 spiro atoms. The smallest absolute Gasteiger partial charge is 0.142 e. The van der Waals surface area contributed by atoms with E-state index in [4.69, 9.17) is 10.5 Å². The van der Waals surface area contributed by atoms with Crippen LogP contribution in [0.25, 0.3) is 10.9 Å². The number of aryl methyl sites for hydroxylation is 1. The van der Waals surface area contributed by atoms with E-state index in [1.807, 2.05) is 43.3 Å². The van der Waals surface area contributed by atoms with Gasteiger partial charge < -0.3 is 10.5 Å². The summed E-state index contributed by atoms with van der Waals surface area (Å²) in [6, 6.07) is 15.8. The molecule has 2 aromatic carbocycles. The Hall–Kier alpha value is -2.07. The van der Waals surface area contributed by atoms with Crippen LogP contribution in [0.2, 0.25) is 0 Å². The second-order valence-electron chi connectivity index (χ2n) is 4.91. The van der Waals surface area contributed by atoms with Crippen molar-refractivity contribution in [3.05, 3.63) is 64.3 Å². The van der Waals surface area contributed by atoms with Gasteiger partial charge in [0.05, 0.1) is 11.2 Å². The number of halogens is 1. The monoisotopic (exact) mass is 342 g/mol. The van der Waals surface area contributed by atoms with E-state index in [0.29, 0.717) is 18.0 Å². The molecule has 3 aromatic rings. The molecule has 0 bridgehead atoms. The molecule has 0 unspecified atom stereocenters. The Morgan fingerprint density at radius 1 is 1.14 bits per heavy atom. The first-order chi connectivity index (χ1) is 10.1. The molecular formula is C17H15BrN2O. The molecular weight excluding hydrogens is 328 g/mol. The second-order valence-corrected chi connectivity index (χ2v) is 5.83. The first kappa shape index (κ1) is 13.9. The standard InChI is InChI=1S/C17H15BrN2O/c1-11-8-12(14-4-2-3-5-16(14)20-11)10-21-17-7-6-13(18)9-15(17)19/h2-9H,10,19H2,1H3. The lowest BCUT2D eigenvalue weighted by Crippen LogP contribution is -2.01. The van der Waals surface area contributed by atoms with Crippen LogP contribution in [0.1, 0.15) is 11.3 Å². The van der Waals surface area contributed by atoms with Crippen LogP contribution in [-0.2, 0) is 6.61 Å². The summed E-state index contributed by atoms with van der Waals surface area (Å²) < 4.78 is 6.81. The van der Waals surface area contributed by atoms with Gasteiger partial charge in [0.25, 0.3) is 0 Å². The van der Waals surface area contributed by atoms with Gasteiger partial charge in [-0.05, 0) is 37.3 Å². The summed E-state index contributed by atoms with van der Waals surface area (Å²) in [7, 11) is 0. The zero-order valence-corrected chi connectivity index (χ0v) is 13.2. The number of rotatable bonds is 3. The summed E-state index contributed by atoms with van der Waals surface area (Å²) in [4.78, 5) is 4.53. The van der Waals surface area contributed by atoms with Gasteiger partial charge in [0.15, 0.2) is 0 Å². The number of hydrogen-bond acceptors (Lipinski definition) is 3. The van der Waals surface area contributed by atoms with Crippen molar-refractivity contribution >= 4 is 32.5 Å². The van der Waals surface area contributed by atoms with E-state index in [-0.39, 0.29) is 0 Å². The largest absolute Gasteiger partial charge is 0.487 e. The van der Waals surface area contributed by atoms with E-state index < -0.39 is 0 Å². The fourth-order valence-corrected chi connectivity index (χ4v) is 2.70. The van der Waals surface area contributed by atoms with Gasteiger partial charge in [0.1, 0.15) is 12.4 Å². The van der Waals surface area contributed by atoms with Crippen LogP contribution in [0.5, 0.6) is 5.75 Å². The molecule has 0 atom stereocenters. The molecule has 106 valence electrons. The number of nitrogens with zero attached hydrogens (tertiary/aromatic N) is 1. The number of nitrogen functional groups attached to an aromatic ring is 1. The van der Waals surface area contributed by atoms with Crippen molar-refractivity contribution in [2.45, 2.75) is 13.5 Å². The third-order valence-corrected chi connectivity index (χ3v) is 3.78. The Morgan fingerprint density at radius 3 is 2.76 bits per heavy atom. The van der Waals surface area contributed by atoms with Gasteiger partial charge in [-0.3, -0.25) is 4.98 Å². The topological polar surface area (TPSA) is 48.1 Å². The molecule has 0 saturated heterocycles. The van der Waals surface area contributed by atoms with E-state index >= 15 is 0 Å². The van der Waals surface area contributed by atoms with Gasteiger partial charge in [-0.2, -0.15) is 0 Å².